The molecule has 0 spiro atoms. The van der Waals surface area contributed by atoms with E-state index in [0.29, 0.717) is 21.9 Å². The summed E-state index contributed by atoms with van der Waals surface area (Å²) < 4.78 is 0. The minimum atomic E-state index is -0.665. The molecule has 2 atom stereocenters. The first kappa shape index (κ1) is 25.6. The summed E-state index contributed by atoms with van der Waals surface area (Å²) in [6.45, 7) is 7.66. The van der Waals surface area contributed by atoms with Gasteiger partial charge < -0.3 is 5.32 Å². The van der Waals surface area contributed by atoms with E-state index < -0.39 is 11.8 Å². The van der Waals surface area contributed by atoms with Gasteiger partial charge in [-0.2, -0.15) is 5.26 Å². The number of aryl methyl sites for hydroxylation is 3. The molecule has 0 saturated carbocycles. The van der Waals surface area contributed by atoms with Gasteiger partial charge in [-0.1, -0.05) is 48.0 Å². The summed E-state index contributed by atoms with van der Waals surface area (Å²) in [5.74, 6) is -1.22. The molecule has 182 valence electrons. The van der Waals surface area contributed by atoms with Gasteiger partial charge >= 0.3 is 0 Å². The highest BCUT2D eigenvalue weighted by molar-refractivity contribution is 8.14. The Morgan fingerprint density at radius 3 is 2.50 bits per heavy atom. The van der Waals surface area contributed by atoms with Crippen LogP contribution in [0.1, 0.15) is 44.8 Å². The number of thiophene rings is 1. The number of nitrogens with zero attached hydrogens (tertiary/aromatic N) is 2. The number of para-hydroxylation sites is 1. The maximum atomic E-state index is 13.5. The van der Waals surface area contributed by atoms with Gasteiger partial charge in [-0.05, 0) is 56.3 Å². The average Bonchev–Trinajstić information content (AvgIpc) is 3.38. The molecule has 0 saturated heterocycles. The molecule has 0 aliphatic carbocycles. The number of thioether (sulfide) groups is 1. The van der Waals surface area contributed by atoms with Gasteiger partial charge in [0.25, 0.3) is 5.91 Å². The van der Waals surface area contributed by atoms with E-state index >= 15 is 0 Å². The maximum Gasteiger partial charge on any atom is 0.254 e. The van der Waals surface area contributed by atoms with Crippen LogP contribution in [0.25, 0.3) is 0 Å². The van der Waals surface area contributed by atoms with E-state index in [-0.39, 0.29) is 17.4 Å². The lowest BCUT2D eigenvalue weighted by atomic mass is 9.82. The summed E-state index contributed by atoms with van der Waals surface area (Å²) in [7, 11) is 0. The van der Waals surface area contributed by atoms with Gasteiger partial charge in [0.05, 0.1) is 16.9 Å². The Balaban J connectivity index is 1.66. The minimum Gasteiger partial charge on any atom is -0.322 e. The zero-order chi connectivity index (χ0) is 25.8. The van der Waals surface area contributed by atoms with Crippen LogP contribution in [0, 0.1) is 38.0 Å². The van der Waals surface area contributed by atoms with Crippen molar-refractivity contribution in [2.75, 3.05) is 11.1 Å². The number of rotatable bonds is 6. The van der Waals surface area contributed by atoms with Crippen LogP contribution < -0.4 is 5.32 Å². The van der Waals surface area contributed by atoms with Crippen molar-refractivity contribution >= 4 is 45.5 Å². The second-order valence-corrected chi connectivity index (χ2v) is 10.8. The summed E-state index contributed by atoms with van der Waals surface area (Å²) in [6, 6.07) is 19.6. The number of carbonyl (C=O) groups excluding carboxylic acids is 2. The van der Waals surface area contributed by atoms with Gasteiger partial charge in [-0.15, -0.1) is 23.1 Å². The Labute approximate surface area is 220 Å². The van der Waals surface area contributed by atoms with Crippen LogP contribution in [-0.4, -0.2) is 22.5 Å². The molecular formula is C29H27N3O2S2. The Bertz CT molecular complexity index is 1410. The highest BCUT2D eigenvalue weighted by Crippen LogP contribution is 2.43. The molecule has 4 rings (SSSR count). The number of Topliss-reactive ketones (excluding diaryl/α,β-unsaturated/α-hetero) is 1. The monoisotopic (exact) mass is 513 g/mol. The first-order valence-electron chi connectivity index (χ1n) is 11.6. The van der Waals surface area contributed by atoms with Crippen LogP contribution in [0.5, 0.6) is 0 Å². The number of anilines is 1. The third-order valence-corrected chi connectivity index (χ3v) is 8.24. The van der Waals surface area contributed by atoms with Crippen LogP contribution >= 0.6 is 23.1 Å². The molecule has 1 aliphatic heterocycles. The van der Waals surface area contributed by atoms with Gasteiger partial charge in [-0.25, -0.2) is 4.99 Å². The molecule has 7 heteroatoms. The fourth-order valence-corrected chi connectivity index (χ4v) is 6.28. The molecule has 0 bridgehead atoms. The summed E-state index contributed by atoms with van der Waals surface area (Å²) in [6.07, 6.45) is 0. The smallest absolute Gasteiger partial charge is 0.254 e. The number of aliphatic imine (C=N–C) groups is 1. The Kier molecular flexibility index (Phi) is 7.88. The summed E-state index contributed by atoms with van der Waals surface area (Å²) in [4.78, 5) is 32.1. The standard InChI is InChI=1S/C29H27N3O2S2/c1-17-11-12-21(19(3)14-17)24(33)16-36-29-22(15-30)27(25-10-7-13-35-25)26(20(4)31-29)28(34)32-23-9-6-5-8-18(23)2/h5-14,22,27H,16H2,1-4H3,(H,32,34)/t22?,27-/m1/s1. The molecule has 2 aromatic carbocycles. The first-order valence-corrected chi connectivity index (χ1v) is 13.5. The van der Waals surface area contributed by atoms with Crippen LogP contribution in [0.15, 0.2) is 76.2 Å². The van der Waals surface area contributed by atoms with Gasteiger partial charge in [0.2, 0.25) is 0 Å². The van der Waals surface area contributed by atoms with Crippen molar-refractivity contribution in [2.45, 2.75) is 33.6 Å². The average molecular weight is 514 g/mol. The number of hydrogen-bond donors (Lipinski definition) is 1. The van der Waals surface area contributed by atoms with E-state index in [1.54, 1.807) is 6.92 Å². The Hall–Kier alpha value is -3.47. The van der Waals surface area contributed by atoms with Crippen molar-refractivity contribution in [3.8, 4) is 6.07 Å². The van der Waals surface area contributed by atoms with Crippen molar-refractivity contribution in [3.63, 3.8) is 0 Å². The van der Waals surface area contributed by atoms with E-state index in [9.17, 15) is 14.9 Å². The molecule has 1 unspecified atom stereocenters. The second-order valence-electron chi connectivity index (χ2n) is 8.85. The fraction of sp³-hybridized carbons (Fsp3) is 0.241. The van der Waals surface area contributed by atoms with Crippen molar-refractivity contribution in [2.24, 2.45) is 10.9 Å². The number of benzene rings is 2. The van der Waals surface area contributed by atoms with Crippen molar-refractivity contribution in [3.05, 3.63) is 98.4 Å². The van der Waals surface area contributed by atoms with Crippen LogP contribution in [0.4, 0.5) is 5.69 Å². The summed E-state index contributed by atoms with van der Waals surface area (Å²) in [5.41, 5.74) is 5.45. The number of carbonyl (C=O) groups is 2. The lowest BCUT2D eigenvalue weighted by Crippen LogP contribution is -2.31. The third kappa shape index (κ3) is 5.35. The number of nitrogens with one attached hydrogen (secondary N) is 1. The van der Waals surface area contributed by atoms with E-state index in [1.807, 2.05) is 80.7 Å². The SMILES string of the molecule is CC1=C(C(=O)Nc2ccccc2C)[C@@H](c2cccs2)C(C#N)C(SCC(=O)c2ccc(C)cc2C)=N1. The second kappa shape index (κ2) is 11.1. The van der Waals surface area contributed by atoms with Gasteiger partial charge in [0.1, 0.15) is 5.92 Å². The van der Waals surface area contributed by atoms with Gasteiger partial charge in [0.15, 0.2) is 5.78 Å². The van der Waals surface area contributed by atoms with E-state index in [2.05, 4.69) is 11.4 Å². The molecule has 0 fully saturated rings. The molecule has 1 aromatic heterocycles. The predicted molar refractivity (Wildman–Crippen MR) is 149 cm³/mol. The van der Waals surface area contributed by atoms with E-state index in [0.717, 1.165) is 27.3 Å². The minimum absolute atomic E-state index is 0.00529. The zero-order valence-electron chi connectivity index (χ0n) is 20.7. The maximum absolute atomic E-state index is 13.5. The van der Waals surface area contributed by atoms with Gasteiger partial charge in [0, 0.05) is 33.3 Å². The third-order valence-electron chi connectivity index (χ3n) is 6.24. The largest absolute Gasteiger partial charge is 0.322 e. The van der Waals surface area contributed by atoms with Crippen LogP contribution in [-0.2, 0) is 4.79 Å². The molecule has 1 amide bonds. The molecule has 36 heavy (non-hydrogen) atoms. The highest BCUT2D eigenvalue weighted by Gasteiger charge is 2.39. The van der Waals surface area contributed by atoms with Crippen LogP contribution in [0.3, 0.4) is 0 Å². The van der Waals surface area contributed by atoms with Gasteiger partial charge in [-0.3, -0.25) is 9.59 Å². The normalized spacial score (nSPS) is 17.4. The van der Waals surface area contributed by atoms with Crippen molar-refractivity contribution in [1.29, 1.82) is 5.26 Å². The fourth-order valence-electron chi connectivity index (χ4n) is 4.41. The Morgan fingerprint density at radius 1 is 1.06 bits per heavy atom. The molecule has 0 radical (unpaired) electrons. The number of allylic oxidation sites excluding steroid dienone is 1. The number of ketones is 1. The van der Waals surface area contributed by atoms with E-state index in [1.165, 1.54) is 23.1 Å². The van der Waals surface area contributed by atoms with Crippen molar-refractivity contribution in [1.82, 2.24) is 0 Å². The topological polar surface area (TPSA) is 82.3 Å². The molecule has 1 aliphatic rings. The summed E-state index contributed by atoms with van der Waals surface area (Å²) >= 11 is 2.80. The highest BCUT2D eigenvalue weighted by atomic mass is 32.2. The Morgan fingerprint density at radius 2 is 1.83 bits per heavy atom. The van der Waals surface area contributed by atoms with E-state index in [4.69, 9.17) is 4.99 Å². The molecular weight excluding hydrogens is 486 g/mol. The number of hydrogen-bond acceptors (Lipinski definition) is 6. The lowest BCUT2D eigenvalue weighted by Gasteiger charge is -2.29. The molecule has 2 heterocycles. The quantitative estimate of drug-likeness (QED) is 0.366. The molecule has 3 aromatic rings. The predicted octanol–water partition coefficient (Wildman–Crippen LogP) is 6.84. The first-order chi connectivity index (χ1) is 17.3. The van der Waals surface area contributed by atoms with Crippen LogP contribution in [0.2, 0.25) is 0 Å². The number of nitriles is 1. The molecule has 5 nitrogen and oxygen atoms in total. The lowest BCUT2D eigenvalue weighted by molar-refractivity contribution is -0.113. The number of amides is 1. The van der Waals surface area contributed by atoms with Crippen molar-refractivity contribution < 1.29 is 9.59 Å². The summed E-state index contributed by atoms with van der Waals surface area (Å²) in [5, 5.41) is 15.8. The zero-order valence-corrected chi connectivity index (χ0v) is 22.3. The molecule has 1 N–H and O–H groups in total.